The zero-order valence-electron chi connectivity index (χ0n) is 13.5. The number of ether oxygens (including phenoxy) is 1. The van der Waals surface area contributed by atoms with Gasteiger partial charge in [-0.3, -0.25) is 9.69 Å². The largest absolute Gasteiger partial charge is 0.380 e. The number of H-pyrrole nitrogens is 1. The van der Waals surface area contributed by atoms with E-state index in [1.165, 1.54) is 0 Å². The van der Waals surface area contributed by atoms with E-state index in [0.29, 0.717) is 17.7 Å². The number of likely N-dealkylation sites (tertiary alicyclic amines) is 1. The van der Waals surface area contributed by atoms with Crippen LogP contribution in [0.4, 0.5) is 0 Å². The van der Waals surface area contributed by atoms with E-state index in [1.54, 1.807) is 0 Å². The molecular formula is C18H23N3O2. The highest BCUT2D eigenvalue weighted by Gasteiger charge is 2.35. The van der Waals surface area contributed by atoms with Gasteiger partial charge in [-0.25, -0.2) is 0 Å². The number of hydrogen-bond donors (Lipinski definition) is 1. The van der Waals surface area contributed by atoms with Gasteiger partial charge in [-0.05, 0) is 25.6 Å². The summed E-state index contributed by atoms with van der Waals surface area (Å²) in [5.74, 6) is 0.646. The SMILES string of the molecule is CN1CCOC[C@H]2CCN(C(=O)c3cc4ccccc4[nH]3)C[C@H]21. The van der Waals surface area contributed by atoms with Gasteiger partial charge >= 0.3 is 0 Å². The molecule has 2 aliphatic rings. The number of likely N-dealkylation sites (N-methyl/N-ethyl adjacent to an activating group) is 1. The predicted octanol–water partition coefficient (Wildman–Crippen LogP) is 1.96. The predicted molar refractivity (Wildman–Crippen MR) is 89.5 cm³/mol. The lowest BCUT2D eigenvalue weighted by molar-refractivity contribution is 0.0429. The quantitative estimate of drug-likeness (QED) is 0.875. The number of aromatic amines is 1. The number of aromatic nitrogens is 1. The molecule has 1 aromatic heterocycles. The molecule has 1 N–H and O–H groups in total. The lowest BCUT2D eigenvalue weighted by Gasteiger charge is -2.41. The molecule has 3 heterocycles. The van der Waals surface area contributed by atoms with Crippen molar-refractivity contribution >= 4 is 16.8 Å². The van der Waals surface area contributed by atoms with Crippen molar-refractivity contribution < 1.29 is 9.53 Å². The van der Waals surface area contributed by atoms with E-state index in [-0.39, 0.29) is 5.91 Å². The molecule has 5 nitrogen and oxygen atoms in total. The molecule has 0 radical (unpaired) electrons. The molecule has 2 fully saturated rings. The number of piperidine rings is 1. The molecule has 2 aromatic rings. The molecule has 122 valence electrons. The lowest BCUT2D eigenvalue weighted by atomic mass is 9.91. The maximum absolute atomic E-state index is 12.9. The highest BCUT2D eigenvalue weighted by Crippen LogP contribution is 2.25. The molecule has 2 atom stereocenters. The van der Waals surface area contributed by atoms with Crippen molar-refractivity contribution in [1.29, 1.82) is 0 Å². The van der Waals surface area contributed by atoms with Gasteiger partial charge in [-0.1, -0.05) is 18.2 Å². The highest BCUT2D eigenvalue weighted by molar-refractivity contribution is 5.98. The number of benzene rings is 1. The smallest absolute Gasteiger partial charge is 0.270 e. The minimum absolute atomic E-state index is 0.109. The summed E-state index contributed by atoms with van der Waals surface area (Å²) in [4.78, 5) is 20.5. The number of amides is 1. The monoisotopic (exact) mass is 313 g/mol. The van der Waals surface area contributed by atoms with Gasteiger partial charge in [0.05, 0.1) is 13.2 Å². The van der Waals surface area contributed by atoms with Gasteiger partial charge in [-0.15, -0.1) is 0 Å². The molecule has 5 heteroatoms. The van der Waals surface area contributed by atoms with Crippen LogP contribution in [0.25, 0.3) is 10.9 Å². The van der Waals surface area contributed by atoms with Gasteiger partial charge in [-0.2, -0.15) is 0 Å². The molecule has 1 aromatic carbocycles. The Bertz CT molecular complexity index is 678. The van der Waals surface area contributed by atoms with Crippen molar-refractivity contribution in [3.63, 3.8) is 0 Å². The lowest BCUT2D eigenvalue weighted by Crippen LogP contribution is -2.53. The molecule has 2 saturated heterocycles. The summed E-state index contributed by atoms with van der Waals surface area (Å²) >= 11 is 0. The summed E-state index contributed by atoms with van der Waals surface area (Å²) in [7, 11) is 2.14. The van der Waals surface area contributed by atoms with E-state index >= 15 is 0 Å². The van der Waals surface area contributed by atoms with Gasteiger partial charge < -0.3 is 14.6 Å². The normalized spacial score (nSPS) is 26.0. The van der Waals surface area contributed by atoms with Crippen LogP contribution >= 0.6 is 0 Å². The fourth-order valence-electron chi connectivity index (χ4n) is 3.83. The second-order valence-electron chi connectivity index (χ2n) is 6.69. The number of hydrogen-bond acceptors (Lipinski definition) is 3. The number of rotatable bonds is 1. The second-order valence-corrected chi connectivity index (χ2v) is 6.69. The first-order valence-corrected chi connectivity index (χ1v) is 8.37. The van der Waals surface area contributed by atoms with Gasteiger partial charge in [0.25, 0.3) is 5.91 Å². The summed E-state index contributed by atoms with van der Waals surface area (Å²) in [6, 6.07) is 10.4. The van der Waals surface area contributed by atoms with E-state index in [2.05, 4.69) is 16.9 Å². The van der Waals surface area contributed by atoms with Crippen molar-refractivity contribution in [2.24, 2.45) is 5.92 Å². The van der Waals surface area contributed by atoms with Crippen LogP contribution in [0.5, 0.6) is 0 Å². The molecule has 4 rings (SSSR count). The van der Waals surface area contributed by atoms with E-state index in [0.717, 1.165) is 50.2 Å². The van der Waals surface area contributed by atoms with Crippen molar-refractivity contribution in [3.05, 3.63) is 36.0 Å². The first-order chi connectivity index (χ1) is 11.2. The Morgan fingerprint density at radius 2 is 2.17 bits per heavy atom. The van der Waals surface area contributed by atoms with Crippen LogP contribution in [0.15, 0.2) is 30.3 Å². The van der Waals surface area contributed by atoms with Gasteiger partial charge in [0, 0.05) is 42.5 Å². The number of nitrogens with one attached hydrogen (secondary N) is 1. The summed E-state index contributed by atoms with van der Waals surface area (Å²) in [5, 5.41) is 1.09. The van der Waals surface area contributed by atoms with E-state index < -0.39 is 0 Å². The minimum atomic E-state index is 0.109. The minimum Gasteiger partial charge on any atom is -0.380 e. The van der Waals surface area contributed by atoms with Crippen LogP contribution in [0.3, 0.4) is 0 Å². The fraction of sp³-hybridized carbons (Fsp3) is 0.500. The summed E-state index contributed by atoms with van der Waals surface area (Å²) < 4.78 is 5.70. The summed E-state index contributed by atoms with van der Waals surface area (Å²) in [6.07, 6.45) is 1.01. The standard InChI is InChI=1S/C18H23N3O2/c1-20-8-9-23-12-14-6-7-21(11-17(14)20)18(22)16-10-13-4-2-3-5-15(13)19-16/h2-5,10,14,17,19H,6-9,11-12H2,1H3/t14-,17-/m1/s1. The van der Waals surface area contributed by atoms with Crippen LogP contribution < -0.4 is 0 Å². The third-order valence-corrected chi connectivity index (χ3v) is 5.26. The third kappa shape index (κ3) is 2.75. The molecule has 0 spiro atoms. The van der Waals surface area contributed by atoms with E-state index in [1.807, 2.05) is 35.2 Å². The van der Waals surface area contributed by atoms with Gasteiger partial charge in [0.1, 0.15) is 5.69 Å². The molecule has 23 heavy (non-hydrogen) atoms. The Morgan fingerprint density at radius 3 is 3.04 bits per heavy atom. The molecule has 0 aliphatic carbocycles. The Hall–Kier alpha value is -1.85. The maximum atomic E-state index is 12.9. The van der Waals surface area contributed by atoms with Crippen LogP contribution in [0.1, 0.15) is 16.9 Å². The van der Waals surface area contributed by atoms with Crippen LogP contribution in [0, 0.1) is 5.92 Å². The van der Waals surface area contributed by atoms with Crippen molar-refractivity contribution in [2.75, 3.05) is 39.9 Å². The van der Waals surface area contributed by atoms with Crippen LogP contribution in [-0.4, -0.2) is 66.6 Å². The van der Waals surface area contributed by atoms with E-state index in [4.69, 9.17) is 4.74 Å². The van der Waals surface area contributed by atoms with Crippen LogP contribution in [-0.2, 0) is 4.74 Å². The zero-order chi connectivity index (χ0) is 15.8. The maximum Gasteiger partial charge on any atom is 0.270 e. The van der Waals surface area contributed by atoms with Gasteiger partial charge in [0.15, 0.2) is 0 Å². The summed E-state index contributed by atoms with van der Waals surface area (Å²) in [6.45, 7) is 4.16. The van der Waals surface area contributed by atoms with Crippen molar-refractivity contribution in [2.45, 2.75) is 12.5 Å². The van der Waals surface area contributed by atoms with Crippen molar-refractivity contribution in [3.8, 4) is 0 Å². The molecule has 1 amide bonds. The van der Waals surface area contributed by atoms with Crippen LogP contribution in [0.2, 0.25) is 0 Å². The molecule has 2 aliphatic heterocycles. The van der Waals surface area contributed by atoms with Crippen molar-refractivity contribution in [1.82, 2.24) is 14.8 Å². The molecular weight excluding hydrogens is 290 g/mol. The summed E-state index contributed by atoms with van der Waals surface area (Å²) in [5.41, 5.74) is 1.71. The average Bonchev–Trinajstić information content (AvgIpc) is 2.93. The number of nitrogens with zero attached hydrogens (tertiary/aromatic N) is 2. The Kier molecular flexibility index (Phi) is 3.83. The number of carbonyl (C=O) groups excluding carboxylic acids is 1. The number of para-hydroxylation sites is 1. The Morgan fingerprint density at radius 1 is 1.30 bits per heavy atom. The van der Waals surface area contributed by atoms with E-state index in [9.17, 15) is 4.79 Å². The highest BCUT2D eigenvalue weighted by atomic mass is 16.5. The Balaban J connectivity index is 1.54. The number of carbonyl (C=O) groups is 1. The Labute approximate surface area is 136 Å². The topological polar surface area (TPSA) is 48.6 Å². The third-order valence-electron chi connectivity index (χ3n) is 5.26. The number of fused-ring (bicyclic) bond motifs is 2. The average molecular weight is 313 g/mol. The molecule has 0 bridgehead atoms. The second kappa shape index (κ2) is 5.98. The first-order valence-electron chi connectivity index (χ1n) is 8.37. The fourth-order valence-corrected chi connectivity index (χ4v) is 3.83. The molecule has 0 unspecified atom stereocenters. The zero-order valence-corrected chi connectivity index (χ0v) is 13.5. The van der Waals surface area contributed by atoms with Gasteiger partial charge in [0.2, 0.25) is 0 Å². The first kappa shape index (κ1) is 14.7. The molecule has 0 saturated carbocycles.